The minimum Gasteiger partial charge on any atom is -0.349 e. The van der Waals surface area contributed by atoms with Crippen molar-refractivity contribution in [3.8, 4) is 0 Å². The highest BCUT2D eigenvalue weighted by molar-refractivity contribution is 7.87. The Kier molecular flexibility index (Phi) is 6.27. The highest BCUT2D eigenvalue weighted by Gasteiger charge is 2.15. The molecule has 0 aliphatic carbocycles. The lowest BCUT2D eigenvalue weighted by molar-refractivity contribution is 0.452. The molecule has 0 aliphatic heterocycles. The second-order valence-corrected chi connectivity index (χ2v) is 5.86. The number of rotatable bonds is 9. The van der Waals surface area contributed by atoms with Crippen molar-refractivity contribution in [2.45, 2.75) is 19.3 Å². The van der Waals surface area contributed by atoms with E-state index in [1.165, 1.54) is 4.31 Å². The molecule has 1 rings (SSSR count). The predicted molar refractivity (Wildman–Crippen MR) is 70.1 cm³/mol. The van der Waals surface area contributed by atoms with E-state index in [1.807, 2.05) is 0 Å². The molecule has 1 aromatic rings. The van der Waals surface area contributed by atoms with Gasteiger partial charge >= 0.3 is 0 Å². The molecule has 0 unspecified atom stereocenters. The Morgan fingerprint density at radius 3 is 2.89 bits per heavy atom. The van der Waals surface area contributed by atoms with Crippen molar-refractivity contribution >= 4 is 10.2 Å². The Balaban J connectivity index is 2.24. The van der Waals surface area contributed by atoms with E-state index in [-0.39, 0.29) is 0 Å². The highest BCUT2D eigenvalue weighted by Crippen LogP contribution is 1.97. The van der Waals surface area contributed by atoms with Gasteiger partial charge in [0.25, 0.3) is 10.2 Å². The fourth-order valence-corrected chi connectivity index (χ4v) is 2.43. The van der Waals surface area contributed by atoms with Crippen LogP contribution in [-0.4, -0.2) is 49.4 Å². The maximum Gasteiger partial charge on any atom is 0.279 e. The van der Waals surface area contributed by atoms with Gasteiger partial charge in [-0.15, -0.1) is 0 Å². The first-order valence-corrected chi connectivity index (χ1v) is 7.39. The molecule has 0 aliphatic rings. The molecule has 104 valence electrons. The minimum absolute atomic E-state index is 0.399. The van der Waals surface area contributed by atoms with E-state index in [0.29, 0.717) is 32.5 Å². The summed E-state index contributed by atoms with van der Waals surface area (Å²) in [6.45, 7) is 1.32. The molecule has 0 fully saturated rings. The fourth-order valence-electron chi connectivity index (χ4n) is 1.44. The summed E-state index contributed by atoms with van der Waals surface area (Å²) in [5.74, 6) is 0.866. The van der Waals surface area contributed by atoms with Crippen molar-refractivity contribution in [1.29, 1.82) is 0 Å². The van der Waals surface area contributed by atoms with E-state index in [2.05, 4.69) is 14.7 Å². The molecule has 0 spiro atoms. The first-order valence-electron chi connectivity index (χ1n) is 5.95. The van der Waals surface area contributed by atoms with Crippen LogP contribution in [0.3, 0.4) is 0 Å². The second kappa shape index (κ2) is 7.47. The number of imidazole rings is 1. The molecule has 1 aromatic heterocycles. The quantitative estimate of drug-likeness (QED) is 0.526. The monoisotopic (exact) mass is 275 g/mol. The summed E-state index contributed by atoms with van der Waals surface area (Å²) in [5.41, 5.74) is 5.34. The van der Waals surface area contributed by atoms with Crippen LogP contribution < -0.4 is 10.5 Å². The maximum absolute atomic E-state index is 11.7. The van der Waals surface area contributed by atoms with Crippen LogP contribution in [0.15, 0.2) is 12.4 Å². The van der Waals surface area contributed by atoms with Crippen molar-refractivity contribution in [3.63, 3.8) is 0 Å². The van der Waals surface area contributed by atoms with E-state index in [4.69, 9.17) is 5.73 Å². The van der Waals surface area contributed by atoms with E-state index >= 15 is 0 Å². The van der Waals surface area contributed by atoms with Crippen LogP contribution in [0.25, 0.3) is 0 Å². The molecule has 1 heterocycles. The average Bonchev–Trinajstić information content (AvgIpc) is 2.84. The van der Waals surface area contributed by atoms with Crippen molar-refractivity contribution in [1.82, 2.24) is 19.0 Å². The maximum atomic E-state index is 11.7. The molecule has 7 nitrogen and oxygen atoms in total. The van der Waals surface area contributed by atoms with Gasteiger partial charge in [0.2, 0.25) is 0 Å². The number of hydrogen-bond acceptors (Lipinski definition) is 4. The lowest BCUT2D eigenvalue weighted by Gasteiger charge is -2.17. The Labute approximate surface area is 108 Å². The van der Waals surface area contributed by atoms with Gasteiger partial charge in [0.1, 0.15) is 5.82 Å². The van der Waals surface area contributed by atoms with Crippen LogP contribution in [-0.2, 0) is 16.6 Å². The summed E-state index contributed by atoms with van der Waals surface area (Å²) in [6.07, 6.45) is 5.52. The Morgan fingerprint density at radius 2 is 2.28 bits per heavy atom. The van der Waals surface area contributed by atoms with Gasteiger partial charge in [-0.25, -0.2) is 9.71 Å². The Morgan fingerprint density at radius 1 is 1.50 bits per heavy atom. The van der Waals surface area contributed by atoms with Crippen LogP contribution in [0.4, 0.5) is 0 Å². The number of H-pyrrole nitrogens is 1. The summed E-state index contributed by atoms with van der Waals surface area (Å²) in [7, 11) is -1.83. The standard InChI is InChI=1S/C10H21N5O2S/c1-15(9-3-5-11)18(16,17)14-6-2-4-10-12-7-8-13-10/h7-8,14H,2-6,9,11H2,1H3,(H,12,13). The second-order valence-electron chi connectivity index (χ2n) is 4.00. The molecule has 0 radical (unpaired) electrons. The summed E-state index contributed by atoms with van der Waals surface area (Å²) in [6, 6.07) is 0. The molecule has 8 heteroatoms. The van der Waals surface area contributed by atoms with E-state index in [1.54, 1.807) is 19.4 Å². The molecule has 0 saturated heterocycles. The largest absolute Gasteiger partial charge is 0.349 e. The molecule has 0 aromatic carbocycles. The lowest BCUT2D eigenvalue weighted by atomic mass is 10.3. The summed E-state index contributed by atoms with van der Waals surface area (Å²) >= 11 is 0. The van der Waals surface area contributed by atoms with Gasteiger partial charge in [0, 0.05) is 39.0 Å². The van der Waals surface area contributed by atoms with E-state index in [9.17, 15) is 8.42 Å². The molecule has 0 saturated carbocycles. The van der Waals surface area contributed by atoms with E-state index < -0.39 is 10.2 Å². The first-order chi connectivity index (χ1) is 8.56. The third-order valence-electron chi connectivity index (χ3n) is 2.52. The topological polar surface area (TPSA) is 104 Å². The Bertz CT molecular complexity index is 417. The zero-order valence-corrected chi connectivity index (χ0v) is 11.4. The van der Waals surface area contributed by atoms with Gasteiger partial charge < -0.3 is 10.7 Å². The highest BCUT2D eigenvalue weighted by atomic mass is 32.2. The van der Waals surface area contributed by atoms with Crippen LogP contribution in [0, 0.1) is 0 Å². The first kappa shape index (κ1) is 15.1. The molecule has 0 bridgehead atoms. The van der Waals surface area contributed by atoms with Crippen LogP contribution in [0.1, 0.15) is 18.7 Å². The third kappa shape index (κ3) is 5.13. The van der Waals surface area contributed by atoms with Crippen molar-refractivity contribution in [2.75, 3.05) is 26.7 Å². The van der Waals surface area contributed by atoms with Gasteiger partial charge in [-0.2, -0.15) is 12.7 Å². The number of aryl methyl sites for hydroxylation is 1. The van der Waals surface area contributed by atoms with Gasteiger partial charge in [-0.3, -0.25) is 0 Å². The molecule has 0 atom stereocenters. The molecule has 4 N–H and O–H groups in total. The Hall–Kier alpha value is -0.960. The normalized spacial score (nSPS) is 12.2. The number of aromatic amines is 1. The fraction of sp³-hybridized carbons (Fsp3) is 0.700. The smallest absolute Gasteiger partial charge is 0.279 e. The predicted octanol–water partition coefficient (Wildman–Crippen LogP) is -0.543. The van der Waals surface area contributed by atoms with Gasteiger partial charge in [0.05, 0.1) is 0 Å². The number of aromatic nitrogens is 2. The lowest BCUT2D eigenvalue weighted by Crippen LogP contribution is -2.39. The van der Waals surface area contributed by atoms with E-state index in [0.717, 1.165) is 12.2 Å². The molecular weight excluding hydrogens is 254 g/mol. The van der Waals surface area contributed by atoms with Crippen molar-refractivity contribution in [2.24, 2.45) is 5.73 Å². The minimum atomic E-state index is -3.38. The average molecular weight is 275 g/mol. The molecule has 0 amide bonds. The van der Waals surface area contributed by atoms with Gasteiger partial charge in [-0.05, 0) is 19.4 Å². The molecule has 18 heavy (non-hydrogen) atoms. The van der Waals surface area contributed by atoms with Gasteiger partial charge in [-0.1, -0.05) is 0 Å². The molecular formula is C10H21N5O2S. The van der Waals surface area contributed by atoms with Crippen LogP contribution in [0.2, 0.25) is 0 Å². The van der Waals surface area contributed by atoms with Crippen molar-refractivity contribution in [3.05, 3.63) is 18.2 Å². The summed E-state index contributed by atoms with van der Waals surface area (Å²) in [4.78, 5) is 7.04. The SMILES string of the molecule is CN(CCCN)S(=O)(=O)NCCCc1ncc[nH]1. The number of hydrogen-bond donors (Lipinski definition) is 3. The zero-order valence-electron chi connectivity index (χ0n) is 10.6. The zero-order chi connectivity index (χ0) is 13.4. The number of nitrogens with one attached hydrogen (secondary N) is 2. The van der Waals surface area contributed by atoms with Gasteiger partial charge in [0.15, 0.2) is 0 Å². The third-order valence-corrected chi connectivity index (χ3v) is 4.09. The number of nitrogens with zero attached hydrogens (tertiary/aromatic N) is 2. The summed E-state index contributed by atoms with van der Waals surface area (Å²) < 4.78 is 27.3. The van der Waals surface area contributed by atoms with Crippen LogP contribution in [0.5, 0.6) is 0 Å². The van der Waals surface area contributed by atoms with Crippen molar-refractivity contribution < 1.29 is 8.42 Å². The van der Waals surface area contributed by atoms with Crippen LogP contribution >= 0.6 is 0 Å². The number of nitrogens with two attached hydrogens (primary N) is 1. The summed E-state index contributed by atoms with van der Waals surface area (Å²) in [5, 5.41) is 0.